The number of nitrogens with one attached hydrogen (secondary N) is 1. The molecule has 2 aromatic carbocycles. The van der Waals surface area contributed by atoms with E-state index in [4.69, 9.17) is 4.74 Å². The van der Waals surface area contributed by atoms with Crippen LogP contribution < -0.4 is 10.1 Å². The normalized spacial score (nSPS) is 10.6. The van der Waals surface area contributed by atoms with Gasteiger partial charge in [0.15, 0.2) is 0 Å². The van der Waals surface area contributed by atoms with Gasteiger partial charge in [-0.25, -0.2) is 4.68 Å². The van der Waals surface area contributed by atoms with Crippen molar-refractivity contribution in [2.45, 2.75) is 13.5 Å². The smallest absolute Gasteiger partial charge is 0.246 e. The summed E-state index contributed by atoms with van der Waals surface area (Å²) in [6.07, 6.45) is 0. The minimum absolute atomic E-state index is 0.119. The van der Waals surface area contributed by atoms with Gasteiger partial charge in [-0.05, 0) is 43.3 Å². The van der Waals surface area contributed by atoms with Crippen LogP contribution in [0.5, 0.6) is 5.75 Å². The molecule has 1 amide bonds. The summed E-state index contributed by atoms with van der Waals surface area (Å²) in [7, 11) is 0. The van der Waals surface area contributed by atoms with Crippen LogP contribution in [-0.4, -0.2) is 27.5 Å². The first-order chi connectivity index (χ1) is 10.8. The van der Waals surface area contributed by atoms with Gasteiger partial charge in [0.2, 0.25) is 5.91 Å². The maximum Gasteiger partial charge on any atom is 0.246 e. The van der Waals surface area contributed by atoms with Gasteiger partial charge in [-0.15, -0.1) is 5.10 Å². The van der Waals surface area contributed by atoms with Gasteiger partial charge in [0.25, 0.3) is 0 Å². The Hall–Kier alpha value is -2.89. The van der Waals surface area contributed by atoms with E-state index in [0.29, 0.717) is 6.61 Å². The van der Waals surface area contributed by atoms with Crippen molar-refractivity contribution in [2.75, 3.05) is 11.9 Å². The zero-order chi connectivity index (χ0) is 15.4. The van der Waals surface area contributed by atoms with Crippen molar-refractivity contribution in [3.63, 3.8) is 0 Å². The van der Waals surface area contributed by atoms with Crippen LogP contribution in [0.25, 0.3) is 11.0 Å². The van der Waals surface area contributed by atoms with E-state index in [1.807, 2.05) is 55.5 Å². The molecule has 0 spiro atoms. The lowest BCUT2D eigenvalue weighted by Gasteiger charge is -2.07. The lowest BCUT2D eigenvalue weighted by atomic mass is 10.3. The number of benzene rings is 2. The molecule has 0 aliphatic heterocycles. The van der Waals surface area contributed by atoms with E-state index in [-0.39, 0.29) is 12.5 Å². The molecule has 1 N–H and O–H groups in total. The summed E-state index contributed by atoms with van der Waals surface area (Å²) in [6.45, 7) is 2.66. The fourth-order valence-electron chi connectivity index (χ4n) is 2.17. The number of nitrogens with zero attached hydrogens (tertiary/aromatic N) is 3. The molecule has 0 aliphatic carbocycles. The summed E-state index contributed by atoms with van der Waals surface area (Å²) in [5.41, 5.74) is 2.33. The quantitative estimate of drug-likeness (QED) is 0.785. The van der Waals surface area contributed by atoms with Crippen molar-refractivity contribution in [1.82, 2.24) is 15.0 Å². The van der Waals surface area contributed by atoms with Gasteiger partial charge in [-0.2, -0.15) is 0 Å². The van der Waals surface area contributed by atoms with Crippen molar-refractivity contribution in [3.8, 4) is 5.75 Å². The summed E-state index contributed by atoms with van der Waals surface area (Å²) < 4.78 is 6.95. The highest BCUT2D eigenvalue weighted by Gasteiger charge is 2.08. The monoisotopic (exact) mass is 296 g/mol. The van der Waals surface area contributed by atoms with E-state index in [1.54, 1.807) is 4.68 Å². The second-order valence-corrected chi connectivity index (χ2v) is 4.74. The second kappa shape index (κ2) is 6.26. The first-order valence-electron chi connectivity index (χ1n) is 7.07. The van der Waals surface area contributed by atoms with Gasteiger partial charge in [0.1, 0.15) is 17.8 Å². The zero-order valence-electron chi connectivity index (χ0n) is 12.2. The van der Waals surface area contributed by atoms with Gasteiger partial charge < -0.3 is 10.1 Å². The lowest BCUT2D eigenvalue weighted by molar-refractivity contribution is -0.116. The maximum absolute atomic E-state index is 12.1. The van der Waals surface area contributed by atoms with Crippen LogP contribution in [-0.2, 0) is 11.3 Å². The summed E-state index contributed by atoms with van der Waals surface area (Å²) >= 11 is 0. The van der Waals surface area contributed by atoms with Crippen LogP contribution in [0, 0.1) is 0 Å². The number of rotatable bonds is 5. The predicted octanol–water partition coefficient (Wildman–Crippen LogP) is 2.47. The molecule has 6 nitrogen and oxygen atoms in total. The molecule has 0 saturated heterocycles. The SMILES string of the molecule is CCOc1ccc(NC(=O)Cn2nnc3ccccc32)cc1. The fourth-order valence-corrected chi connectivity index (χ4v) is 2.17. The summed E-state index contributed by atoms with van der Waals surface area (Å²) in [5.74, 6) is 0.627. The molecule has 0 fully saturated rings. The largest absolute Gasteiger partial charge is 0.494 e. The van der Waals surface area contributed by atoms with E-state index in [9.17, 15) is 4.79 Å². The molecule has 0 aliphatic rings. The first kappa shape index (κ1) is 14.1. The van der Waals surface area contributed by atoms with Gasteiger partial charge in [-0.1, -0.05) is 17.3 Å². The molecule has 0 saturated carbocycles. The van der Waals surface area contributed by atoms with Gasteiger partial charge in [-0.3, -0.25) is 4.79 Å². The lowest BCUT2D eigenvalue weighted by Crippen LogP contribution is -2.19. The zero-order valence-corrected chi connectivity index (χ0v) is 12.2. The average molecular weight is 296 g/mol. The summed E-state index contributed by atoms with van der Waals surface area (Å²) in [5, 5.41) is 10.9. The van der Waals surface area contributed by atoms with Crippen LogP contribution in [0.4, 0.5) is 5.69 Å². The number of ether oxygens (including phenoxy) is 1. The third-order valence-electron chi connectivity index (χ3n) is 3.16. The van der Waals surface area contributed by atoms with E-state index in [1.165, 1.54) is 0 Å². The molecule has 1 heterocycles. The summed E-state index contributed by atoms with van der Waals surface area (Å²) in [6, 6.07) is 14.8. The number of para-hydroxylation sites is 1. The number of hydrogen-bond donors (Lipinski definition) is 1. The number of carbonyl (C=O) groups excluding carboxylic acids is 1. The Balaban J connectivity index is 1.67. The van der Waals surface area contributed by atoms with Crippen molar-refractivity contribution < 1.29 is 9.53 Å². The predicted molar refractivity (Wildman–Crippen MR) is 83.8 cm³/mol. The second-order valence-electron chi connectivity index (χ2n) is 4.74. The number of hydrogen-bond acceptors (Lipinski definition) is 4. The van der Waals surface area contributed by atoms with Crippen molar-refractivity contribution in [2.24, 2.45) is 0 Å². The Kier molecular flexibility index (Phi) is 4.00. The van der Waals surface area contributed by atoms with Crippen molar-refractivity contribution in [3.05, 3.63) is 48.5 Å². The Labute approximate surface area is 127 Å². The van der Waals surface area contributed by atoms with Gasteiger partial charge in [0.05, 0.1) is 12.1 Å². The molecule has 0 atom stereocenters. The minimum atomic E-state index is -0.153. The molecule has 6 heteroatoms. The van der Waals surface area contributed by atoms with Crippen molar-refractivity contribution in [1.29, 1.82) is 0 Å². The highest BCUT2D eigenvalue weighted by Crippen LogP contribution is 2.16. The highest BCUT2D eigenvalue weighted by molar-refractivity contribution is 5.91. The molecular formula is C16H16N4O2. The van der Waals surface area contributed by atoms with E-state index in [2.05, 4.69) is 15.6 Å². The molecule has 1 aromatic heterocycles. The minimum Gasteiger partial charge on any atom is -0.494 e. The molecule has 0 unspecified atom stereocenters. The maximum atomic E-state index is 12.1. The van der Waals surface area contributed by atoms with Crippen molar-refractivity contribution >= 4 is 22.6 Å². The molecule has 0 radical (unpaired) electrons. The number of carbonyl (C=O) groups is 1. The highest BCUT2D eigenvalue weighted by atomic mass is 16.5. The number of anilines is 1. The fraction of sp³-hybridized carbons (Fsp3) is 0.188. The Morgan fingerprint density at radius 1 is 1.18 bits per heavy atom. The van der Waals surface area contributed by atoms with E-state index >= 15 is 0 Å². The third kappa shape index (κ3) is 3.06. The van der Waals surface area contributed by atoms with E-state index < -0.39 is 0 Å². The molecule has 0 bridgehead atoms. The Morgan fingerprint density at radius 3 is 2.73 bits per heavy atom. The number of fused-ring (bicyclic) bond motifs is 1. The van der Waals surface area contributed by atoms with Crippen LogP contribution in [0.2, 0.25) is 0 Å². The standard InChI is InChI=1S/C16H16N4O2/c1-2-22-13-9-7-12(8-10-13)17-16(21)11-20-15-6-4-3-5-14(15)18-19-20/h3-10H,2,11H2,1H3,(H,17,21). The topological polar surface area (TPSA) is 69.0 Å². The summed E-state index contributed by atoms with van der Waals surface area (Å²) in [4.78, 5) is 12.1. The van der Waals surface area contributed by atoms with Crippen LogP contribution >= 0.6 is 0 Å². The average Bonchev–Trinajstić information content (AvgIpc) is 2.93. The Morgan fingerprint density at radius 2 is 1.95 bits per heavy atom. The van der Waals surface area contributed by atoms with Crippen LogP contribution in [0.1, 0.15) is 6.92 Å². The van der Waals surface area contributed by atoms with Crippen LogP contribution in [0.15, 0.2) is 48.5 Å². The molecule has 3 aromatic rings. The molecular weight excluding hydrogens is 280 g/mol. The molecule has 3 rings (SSSR count). The van der Waals surface area contributed by atoms with E-state index in [0.717, 1.165) is 22.5 Å². The number of aromatic nitrogens is 3. The van der Waals surface area contributed by atoms with Crippen LogP contribution in [0.3, 0.4) is 0 Å². The third-order valence-corrected chi connectivity index (χ3v) is 3.16. The molecule has 112 valence electrons. The number of amides is 1. The molecule has 22 heavy (non-hydrogen) atoms. The van der Waals surface area contributed by atoms with Gasteiger partial charge >= 0.3 is 0 Å². The van der Waals surface area contributed by atoms with Gasteiger partial charge in [0, 0.05) is 5.69 Å². The first-order valence-corrected chi connectivity index (χ1v) is 7.07. The Bertz CT molecular complexity index is 780.